The molecule has 0 aliphatic carbocycles. The number of methoxy groups -OCH3 is 1. The van der Waals surface area contributed by atoms with Crippen LogP contribution in [-0.4, -0.2) is 7.11 Å². The van der Waals surface area contributed by atoms with E-state index in [1.165, 1.54) is 26.5 Å². The Morgan fingerprint density at radius 3 is 1.96 bits per heavy atom. The van der Waals surface area contributed by atoms with Crippen LogP contribution in [0.2, 0.25) is 0 Å². The summed E-state index contributed by atoms with van der Waals surface area (Å²) in [6, 6.07) is 10.5. The molecule has 0 atom stereocenters. The molecular formula is C21H31NOS. The molecule has 0 aliphatic rings. The van der Waals surface area contributed by atoms with Crippen LogP contribution in [0.3, 0.4) is 0 Å². The standard InChI is InChI=1S/C19H25NOS.C2H6/c1-12-9-14(20)10-13(2)18(12)22-15-7-8-17(21-6)16(11-15)19(3,4)5;1-2/h7-11H,20H2,1-6H3;1-2H3. The predicted molar refractivity (Wildman–Crippen MR) is 107 cm³/mol. The van der Waals surface area contributed by atoms with Crippen LogP contribution >= 0.6 is 11.8 Å². The van der Waals surface area contributed by atoms with Crippen LogP contribution in [0.1, 0.15) is 51.3 Å². The van der Waals surface area contributed by atoms with Gasteiger partial charge in [-0.3, -0.25) is 0 Å². The molecule has 2 rings (SSSR count). The predicted octanol–water partition coefficient (Wildman–Crippen LogP) is 6.37. The number of hydrogen-bond donors (Lipinski definition) is 1. The van der Waals surface area contributed by atoms with Gasteiger partial charge in [0, 0.05) is 21.0 Å². The molecule has 2 nitrogen and oxygen atoms in total. The lowest BCUT2D eigenvalue weighted by molar-refractivity contribution is 0.397. The molecule has 0 unspecified atom stereocenters. The third-order valence-electron chi connectivity index (χ3n) is 3.68. The van der Waals surface area contributed by atoms with Crippen molar-refractivity contribution in [2.45, 2.75) is 63.7 Å². The minimum atomic E-state index is 0.0487. The van der Waals surface area contributed by atoms with Crippen LogP contribution in [0.15, 0.2) is 40.1 Å². The van der Waals surface area contributed by atoms with Crippen molar-refractivity contribution in [1.29, 1.82) is 0 Å². The number of hydrogen-bond acceptors (Lipinski definition) is 3. The highest BCUT2D eigenvalue weighted by Crippen LogP contribution is 2.39. The summed E-state index contributed by atoms with van der Waals surface area (Å²) in [5.41, 5.74) is 10.5. The summed E-state index contributed by atoms with van der Waals surface area (Å²) in [7, 11) is 1.73. The van der Waals surface area contributed by atoms with E-state index in [1.54, 1.807) is 18.9 Å². The van der Waals surface area contributed by atoms with Crippen molar-refractivity contribution in [1.82, 2.24) is 0 Å². The van der Waals surface area contributed by atoms with Crippen LogP contribution < -0.4 is 10.5 Å². The number of anilines is 1. The van der Waals surface area contributed by atoms with Gasteiger partial charge in [0.1, 0.15) is 5.75 Å². The van der Waals surface area contributed by atoms with Crippen LogP contribution in [-0.2, 0) is 5.41 Å². The first-order valence-corrected chi connectivity index (χ1v) is 9.27. The molecule has 0 radical (unpaired) electrons. The number of nitrogen functional groups attached to an aromatic ring is 1. The molecule has 0 saturated carbocycles. The molecule has 2 N–H and O–H groups in total. The maximum Gasteiger partial charge on any atom is 0.122 e. The highest BCUT2D eigenvalue weighted by atomic mass is 32.2. The van der Waals surface area contributed by atoms with Crippen molar-refractivity contribution in [3.05, 3.63) is 47.0 Å². The highest BCUT2D eigenvalue weighted by Gasteiger charge is 2.19. The van der Waals surface area contributed by atoms with Gasteiger partial charge in [-0.1, -0.05) is 46.4 Å². The molecule has 0 heterocycles. The second-order valence-corrected chi connectivity index (χ2v) is 7.78. The summed E-state index contributed by atoms with van der Waals surface area (Å²) < 4.78 is 5.51. The molecule has 2 aromatic carbocycles. The van der Waals surface area contributed by atoms with Crippen LogP contribution in [0.4, 0.5) is 5.69 Å². The zero-order valence-electron chi connectivity index (χ0n) is 16.3. The normalized spacial score (nSPS) is 10.8. The van der Waals surface area contributed by atoms with Gasteiger partial charge < -0.3 is 10.5 Å². The molecule has 0 saturated heterocycles. The lowest BCUT2D eigenvalue weighted by Gasteiger charge is -2.23. The van der Waals surface area contributed by atoms with Gasteiger partial charge in [-0.15, -0.1) is 0 Å². The van der Waals surface area contributed by atoms with E-state index in [9.17, 15) is 0 Å². The van der Waals surface area contributed by atoms with E-state index in [2.05, 4.69) is 52.8 Å². The van der Waals surface area contributed by atoms with Crippen molar-refractivity contribution < 1.29 is 4.74 Å². The van der Waals surface area contributed by atoms with E-state index >= 15 is 0 Å². The van der Waals surface area contributed by atoms with E-state index in [0.29, 0.717) is 0 Å². The van der Waals surface area contributed by atoms with E-state index in [1.807, 2.05) is 26.0 Å². The van der Waals surface area contributed by atoms with Gasteiger partial charge in [0.2, 0.25) is 0 Å². The zero-order valence-corrected chi connectivity index (χ0v) is 17.1. The van der Waals surface area contributed by atoms with Crippen molar-refractivity contribution in [3.8, 4) is 5.75 Å². The average molecular weight is 346 g/mol. The third-order valence-corrected chi connectivity index (χ3v) is 5.02. The Hall–Kier alpha value is -1.61. The Morgan fingerprint density at radius 1 is 0.958 bits per heavy atom. The van der Waals surface area contributed by atoms with Crippen molar-refractivity contribution in [2.75, 3.05) is 12.8 Å². The van der Waals surface area contributed by atoms with E-state index in [-0.39, 0.29) is 5.41 Å². The molecule has 132 valence electrons. The fraction of sp³-hybridized carbons (Fsp3) is 0.429. The van der Waals surface area contributed by atoms with Crippen LogP contribution in [0.5, 0.6) is 5.75 Å². The SMILES string of the molecule is CC.COc1ccc(Sc2c(C)cc(N)cc2C)cc1C(C)(C)C. The Kier molecular flexibility index (Phi) is 7.22. The van der Waals surface area contributed by atoms with E-state index in [0.717, 1.165) is 11.4 Å². The second kappa shape index (κ2) is 8.48. The topological polar surface area (TPSA) is 35.2 Å². The number of benzene rings is 2. The van der Waals surface area contributed by atoms with Gasteiger partial charge in [0.25, 0.3) is 0 Å². The Morgan fingerprint density at radius 2 is 1.50 bits per heavy atom. The molecule has 0 fully saturated rings. The average Bonchev–Trinajstić information content (AvgIpc) is 2.51. The van der Waals surface area contributed by atoms with Gasteiger partial charge in [0.15, 0.2) is 0 Å². The minimum absolute atomic E-state index is 0.0487. The van der Waals surface area contributed by atoms with E-state index in [4.69, 9.17) is 10.5 Å². The van der Waals surface area contributed by atoms with Crippen molar-refractivity contribution in [3.63, 3.8) is 0 Å². The molecule has 0 amide bonds. The Bertz CT molecular complexity index is 664. The van der Waals surface area contributed by atoms with Gasteiger partial charge in [-0.05, 0) is 60.7 Å². The maximum absolute atomic E-state index is 5.92. The van der Waals surface area contributed by atoms with Crippen molar-refractivity contribution in [2.24, 2.45) is 0 Å². The second-order valence-electron chi connectivity index (χ2n) is 6.70. The first-order valence-electron chi connectivity index (χ1n) is 8.45. The summed E-state index contributed by atoms with van der Waals surface area (Å²) in [4.78, 5) is 2.50. The summed E-state index contributed by atoms with van der Waals surface area (Å²) >= 11 is 1.79. The first-order chi connectivity index (χ1) is 11.2. The molecule has 3 heteroatoms. The summed E-state index contributed by atoms with van der Waals surface area (Å²) in [5, 5.41) is 0. The monoisotopic (exact) mass is 345 g/mol. The first kappa shape index (κ1) is 20.4. The lowest BCUT2D eigenvalue weighted by atomic mass is 9.86. The molecule has 24 heavy (non-hydrogen) atoms. The molecule has 0 aromatic heterocycles. The summed E-state index contributed by atoms with van der Waals surface area (Å²) in [6.07, 6.45) is 0. The van der Waals surface area contributed by atoms with Gasteiger partial charge in [-0.2, -0.15) is 0 Å². The van der Waals surface area contributed by atoms with Gasteiger partial charge >= 0.3 is 0 Å². The molecule has 0 spiro atoms. The fourth-order valence-electron chi connectivity index (χ4n) is 2.60. The highest BCUT2D eigenvalue weighted by molar-refractivity contribution is 7.99. The van der Waals surface area contributed by atoms with Crippen LogP contribution in [0.25, 0.3) is 0 Å². The summed E-state index contributed by atoms with van der Waals surface area (Å²) in [6.45, 7) is 14.8. The summed E-state index contributed by atoms with van der Waals surface area (Å²) in [5.74, 6) is 0.947. The quantitative estimate of drug-likeness (QED) is 0.656. The van der Waals surface area contributed by atoms with E-state index < -0.39 is 0 Å². The largest absolute Gasteiger partial charge is 0.496 e. The molecule has 0 bridgehead atoms. The minimum Gasteiger partial charge on any atom is -0.496 e. The number of aryl methyl sites for hydroxylation is 2. The molecule has 0 aliphatic heterocycles. The van der Waals surface area contributed by atoms with Crippen LogP contribution in [0, 0.1) is 13.8 Å². The number of rotatable bonds is 3. The lowest BCUT2D eigenvalue weighted by Crippen LogP contribution is -2.12. The van der Waals surface area contributed by atoms with Gasteiger partial charge in [-0.25, -0.2) is 0 Å². The molecule has 2 aromatic rings. The Labute approximate surface area is 151 Å². The smallest absolute Gasteiger partial charge is 0.122 e. The van der Waals surface area contributed by atoms with Crippen molar-refractivity contribution >= 4 is 17.4 Å². The number of nitrogens with two attached hydrogens (primary N) is 1. The fourth-order valence-corrected chi connectivity index (χ4v) is 3.59. The maximum atomic E-state index is 5.92. The number of ether oxygens (including phenoxy) is 1. The Balaban J connectivity index is 0.00000139. The molecular weight excluding hydrogens is 314 g/mol. The zero-order chi connectivity index (χ0) is 18.5. The third kappa shape index (κ3) is 4.94. The van der Waals surface area contributed by atoms with Gasteiger partial charge in [0.05, 0.1) is 7.11 Å².